The van der Waals surface area contributed by atoms with E-state index >= 15 is 0 Å². The summed E-state index contributed by atoms with van der Waals surface area (Å²) in [4.78, 5) is 12.4. The van der Waals surface area contributed by atoms with E-state index in [1.54, 1.807) is 0 Å². The van der Waals surface area contributed by atoms with Crippen LogP contribution in [-0.2, 0) is 4.79 Å². The van der Waals surface area contributed by atoms with Gasteiger partial charge in [-0.25, -0.2) is 0 Å². The second-order valence-corrected chi connectivity index (χ2v) is 17.6. The highest BCUT2D eigenvalue weighted by Gasteiger charge is 2.20. The molecule has 0 rings (SSSR count). The molecule has 0 aliphatic carbocycles. The molecule has 3 N–H and O–H groups in total. The number of hydrogen-bond acceptors (Lipinski definition) is 3. The highest BCUT2D eigenvalue weighted by atomic mass is 16.3. The Bertz CT molecular complexity index is 699. The van der Waals surface area contributed by atoms with Gasteiger partial charge in [0.2, 0.25) is 5.91 Å². The third-order valence-electron chi connectivity index (χ3n) is 12.1. The molecule has 2 atom stereocenters. The lowest BCUT2D eigenvalue weighted by molar-refractivity contribution is -0.123. The molecule has 0 aromatic carbocycles. The minimum Gasteiger partial charge on any atom is -0.394 e. The summed E-state index contributed by atoms with van der Waals surface area (Å²) >= 11 is 0. The number of aliphatic hydroxyl groups excluding tert-OH is 2. The SMILES string of the molecule is CCCCCCCCCCCCCCCCCCCCCCCCCCCCCCCC(=O)N[C@@H](CO)[C@H](O)CCCCCCCCCCCCCCC. The van der Waals surface area contributed by atoms with Gasteiger partial charge in [-0.3, -0.25) is 4.79 Å². The lowest BCUT2D eigenvalue weighted by Crippen LogP contribution is -2.45. The quantitative estimate of drug-likeness (QED) is 0.0541. The van der Waals surface area contributed by atoms with Gasteiger partial charge in [0, 0.05) is 6.42 Å². The maximum Gasteiger partial charge on any atom is 0.220 e. The van der Waals surface area contributed by atoms with Crippen molar-refractivity contribution in [3.8, 4) is 0 Å². The van der Waals surface area contributed by atoms with E-state index in [0.29, 0.717) is 12.8 Å². The average Bonchev–Trinajstić information content (AvgIpc) is 3.18. The van der Waals surface area contributed by atoms with Gasteiger partial charge in [-0.1, -0.05) is 277 Å². The number of nitrogens with one attached hydrogen (secondary N) is 1. The predicted molar refractivity (Wildman–Crippen MR) is 240 cm³/mol. The lowest BCUT2D eigenvalue weighted by Gasteiger charge is -2.22. The summed E-state index contributed by atoms with van der Waals surface area (Å²) in [6.07, 6.45) is 57.9. The fraction of sp³-hybridized carbons (Fsp3) is 0.980. The number of unbranched alkanes of at least 4 members (excludes halogenated alkanes) is 40. The Hall–Kier alpha value is -0.610. The molecule has 0 unspecified atom stereocenters. The third-order valence-corrected chi connectivity index (χ3v) is 12.1. The van der Waals surface area contributed by atoms with E-state index in [1.807, 2.05) is 0 Å². The van der Waals surface area contributed by atoms with Crippen molar-refractivity contribution in [3.05, 3.63) is 0 Å². The van der Waals surface area contributed by atoms with Crippen molar-refractivity contribution in [1.29, 1.82) is 0 Å². The molecule has 0 fully saturated rings. The van der Waals surface area contributed by atoms with Gasteiger partial charge < -0.3 is 15.5 Å². The van der Waals surface area contributed by atoms with Gasteiger partial charge in [0.15, 0.2) is 0 Å². The molecule has 4 nitrogen and oxygen atoms in total. The Morgan fingerprint density at radius 1 is 0.370 bits per heavy atom. The van der Waals surface area contributed by atoms with Crippen LogP contribution in [0.4, 0.5) is 0 Å². The molecule has 0 heterocycles. The number of amides is 1. The zero-order valence-corrected chi connectivity index (χ0v) is 37.3. The normalized spacial score (nSPS) is 12.7. The first-order valence-corrected chi connectivity index (χ1v) is 25.2. The smallest absolute Gasteiger partial charge is 0.220 e. The van der Waals surface area contributed by atoms with E-state index in [4.69, 9.17) is 0 Å². The molecule has 0 aliphatic heterocycles. The van der Waals surface area contributed by atoms with Gasteiger partial charge in [0.25, 0.3) is 0 Å². The minimum absolute atomic E-state index is 0.0245. The van der Waals surface area contributed by atoms with Crippen LogP contribution in [0.15, 0.2) is 0 Å². The Morgan fingerprint density at radius 2 is 0.593 bits per heavy atom. The second kappa shape index (κ2) is 46.8. The maximum absolute atomic E-state index is 12.4. The number of hydrogen-bond donors (Lipinski definition) is 3. The van der Waals surface area contributed by atoms with E-state index in [9.17, 15) is 15.0 Å². The van der Waals surface area contributed by atoms with Crippen molar-refractivity contribution in [2.24, 2.45) is 0 Å². The first-order valence-electron chi connectivity index (χ1n) is 25.2. The van der Waals surface area contributed by atoms with Gasteiger partial charge in [0.05, 0.1) is 18.8 Å². The first kappa shape index (κ1) is 53.4. The monoisotopic (exact) mass is 764 g/mol. The summed E-state index contributed by atoms with van der Waals surface area (Å²) in [6, 6.07) is -0.529. The molecule has 4 heteroatoms. The fourth-order valence-corrected chi connectivity index (χ4v) is 8.25. The Balaban J connectivity index is 3.37. The molecule has 0 bridgehead atoms. The van der Waals surface area contributed by atoms with Crippen LogP contribution >= 0.6 is 0 Å². The largest absolute Gasteiger partial charge is 0.394 e. The highest BCUT2D eigenvalue weighted by Crippen LogP contribution is 2.18. The highest BCUT2D eigenvalue weighted by molar-refractivity contribution is 5.76. The van der Waals surface area contributed by atoms with Crippen LogP contribution in [0.1, 0.15) is 296 Å². The van der Waals surface area contributed by atoms with Gasteiger partial charge in [-0.15, -0.1) is 0 Å². The number of carbonyl (C=O) groups excluding carboxylic acids is 1. The molecular weight excluding hydrogens is 663 g/mol. The topological polar surface area (TPSA) is 69.6 Å². The van der Waals surface area contributed by atoms with Crippen LogP contribution in [0.5, 0.6) is 0 Å². The molecule has 0 radical (unpaired) electrons. The van der Waals surface area contributed by atoms with Crippen molar-refractivity contribution in [2.45, 2.75) is 309 Å². The minimum atomic E-state index is -0.653. The summed E-state index contributed by atoms with van der Waals surface area (Å²) < 4.78 is 0. The number of aliphatic hydroxyl groups is 2. The molecule has 0 saturated heterocycles. The second-order valence-electron chi connectivity index (χ2n) is 17.6. The van der Waals surface area contributed by atoms with Crippen LogP contribution in [0.3, 0.4) is 0 Å². The Morgan fingerprint density at radius 3 is 0.833 bits per heavy atom. The van der Waals surface area contributed by atoms with E-state index < -0.39 is 12.1 Å². The summed E-state index contributed by atoms with van der Waals surface area (Å²) in [5.41, 5.74) is 0. The number of carbonyl (C=O) groups is 1. The molecule has 0 aromatic rings. The fourth-order valence-electron chi connectivity index (χ4n) is 8.25. The van der Waals surface area contributed by atoms with Gasteiger partial charge >= 0.3 is 0 Å². The van der Waals surface area contributed by atoms with E-state index in [1.165, 1.54) is 244 Å². The molecule has 1 amide bonds. The van der Waals surface area contributed by atoms with Gasteiger partial charge in [-0.2, -0.15) is 0 Å². The van der Waals surface area contributed by atoms with Crippen molar-refractivity contribution in [1.82, 2.24) is 5.32 Å². The molecule has 54 heavy (non-hydrogen) atoms. The van der Waals surface area contributed by atoms with Gasteiger partial charge in [0.1, 0.15) is 0 Å². The Kier molecular flexibility index (Phi) is 46.2. The van der Waals surface area contributed by atoms with E-state index in [0.717, 1.165) is 25.7 Å². The molecular formula is C50H101NO3. The molecule has 0 aromatic heterocycles. The van der Waals surface area contributed by atoms with E-state index in [-0.39, 0.29) is 12.5 Å². The van der Waals surface area contributed by atoms with Gasteiger partial charge in [-0.05, 0) is 12.8 Å². The zero-order valence-electron chi connectivity index (χ0n) is 37.3. The van der Waals surface area contributed by atoms with Crippen molar-refractivity contribution < 1.29 is 15.0 Å². The molecule has 324 valence electrons. The van der Waals surface area contributed by atoms with Crippen LogP contribution in [0, 0.1) is 0 Å². The maximum atomic E-state index is 12.4. The van der Waals surface area contributed by atoms with Crippen molar-refractivity contribution in [2.75, 3.05) is 6.61 Å². The molecule has 0 aliphatic rings. The van der Waals surface area contributed by atoms with Crippen molar-refractivity contribution in [3.63, 3.8) is 0 Å². The Labute approximate surface area is 340 Å². The molecule has 0 saturated carbocycles. The van der Waals surface area contributed by atoms with Crippen LogP contribution in [0.2, 0.25) is 0 Å². The van der Waals surface area contributed by atoms with Crippen LogP contribution in [-0.4, -0.2) is 34.9 Å². The van der Waals surface area contributed by atoms with E-state index in [2.05, 4.69) is 19.2 Å². The van der Waals surface area contributed by atoms with Crippen LogP contribution in [0.25, 0.3) is 0 Å². The first-order chi connectivity index (χ1) is 26.7. The summed E-state index contributed by atoms with van der Waals surface area (Å²) in [5, 5.41) is 23.2. The summed E-state index contributed by atoms with van der Waals surface area (Å²) in [7, 11) is 0. The van der Waals surface area contributed by atoms with Crippen molar-refractivity contribution >= 4 is 5.91 Å². The predicted octanol–water partition coefficient (Wildman–Crippen LogP) is 16.0. The zero-order chi connectivity index (χ0) is 39.3. The summed E-state index contributed by atoms with van der Waals surface area (Å²) in [6.45, 7) is 4.39. The third kappa shape index (κ3) is 42.5. The standard InChI is InChI=1S/C50H101NO3/c1-3-5-7-9-11-13-15-17-18-19-20-21-22-23-24-25-26-27-28-29-30-31-32-34-36-38-40-42-44-46-50(54)51-48(47-52)49(53)45-43-41-39-37-35-33-16-14-12-10-8-6-4-2/h48-49,52-53H,3-47H2,1-2H3,(H,51,54)/t48-,49+/m0/s1. The number of rotatable bonds is 47. The summed E-state index contributed by atoms with van der Waals surface area (Å²) in [5.74, 6) is -0.0245. The average molecular weight is 764 g/mol. The lowest BCUT2D eigenvalue weighted by atomic mass is 10.0. The van der Waals surface area contributed by atoms with Crippen LogP contribution < -0.4 is 5.32 Å². The molecule has 0 spiro atoms.